The molecule has 92 valence electrons. The Balaban J connectivity index is 2.39. The molecule has 0 N–H and O–H groups in total. The molecule has 0 aromatic carbocycles. The lowest BCUT2D eigenvalue weighted by Gasteiger charge is -2.31. The number of carbonyl (C=O) groups excluding carboxylic acids is 2. The number of halogens is 1. The second-order valence-electron chi connectivity index (χ2n) is 3.97. The van der Waals surface area contributed by atoms with Crippen LogP contribution in [0.15, 0.2) is 0 Å². The van der Waals surface area contributed by atoms with Crippen molar-refractivity contribution in [3.63, 3.8) is 0 Å². The highest BCUT2D eigenvalue weighted by atomic mass is 35.5. The van der Waals surface area contributed by atoms with Crippen molar-refractivity contribution in [2.24, 2.45) is 5.92 Å². The predicted octanol–water partition coefficient (Wildman–Crippen LogP) is 1.42. The fourth-order valence-corrected chi connectivity index (χ4v) is 1.99. The number of amides is 1. The summed E-state index contributed by atoms with van der Waals surface area (Å²) >= 11 is 5.73. The van der Waals surface area contributed by atoms with E-state index in [1.807, 2.05) is 0 Å². The molecular weight excluding hydrogens is 230 g/mol. The van der Waals surface area contributed by atoms with Crippen molar-refractivity contribution < 1.29 is 14.3 Å². The Kier molecular flexibility index (Phi) is 5.06. The highest BCUT2D eigenvalue weighted by molar-refractivity contribution is 6.30. The van der Waals surface area contributed by atoms with E-state index in [1.54, 1.807) is 18.7 Å². The standard InChI is InChI=1S/C11H18ClNO3/c1-3-16-11(15)9-4-6-13(7-5-9)10(14)8(2)12/h8-9H,3-7H2,1-2H3. The molecule has 1 saturated heterocycles. The number of nitrogens with zero attached hydrogens (tertiary/aromatic N) is 1. The summed E-state index contributed by atoms with van der Waals surface area (Å²) in [5.41, 5.74) is 0. The molecule has 5 heteroatoms. The number of carbonyl (C=O) groups is 2. The highest BCUT2D eigenvalue weighted by Gasteiger charge is 2.29. The lowest BCUT2D eigenvalue weighted by molar-refractivity contribution is -0.151. The van der Waals surface area contributed by atoms with Crippen LogP contribution in [0, 0.1) is 5.92 Å². The first kappa shape index (κ1) is 13.3. The molecule has 0 aromatic heterocycles. The number of alkyl halides is 1. The van der Waals surface area contributed by atoms with Gasteiger partial charge in [-0.2, -0.15) is 0 Å². The van der Waals surface area contributed by atoms with Gasteiger partial charge in [-0.3, -0.25) is 9.59 Å². The summed E-state index contributed by atoms with van der Waals surface area (Å²) in [5.74, 6) is -0.257. The largest absolute Gasteiger partial charge is 0.466 e. The molecule has 1 atom stereocenters. The summed E-state index contributed by atoms with van der Waals surface area (Å²) in [6.07, 6.45) is 1.35. The zero-order chi connectivity index (χ0) is 12.1. The molecule has 1 amide bonds. The number of hydrogen-bond acceptors (Lipinski definition) is 3. The lowest BCUT2D eigenvalue weighted by Crippen LogP contribution is -2.43. The Bertz CT molecular complexity index is 260. The van der Waals surface area contributed by atoms with E-state index in [9.17, 15) is 9.59 Å². The first-order valence-corrected chi connectivity index (χ1v) is 6.09. The summed E-state index contributed by atoms with van der Waals surface area (Å²) < 4.78 is 4.96. The van der Waals surface area contributed by atoms with Gasteiger partial charge >= 0.3 is 5.97 Å². The van der Waals surface area contributed by atoms with Crippen molar-refractivity contribution in [1.82, 2.24) is 4.90 Å². The van der Waals surface area contributed by atoms with Gasteiger partial charge in [0.2, 0.25) is 5.91 Å². The molecule has 0 radical (unpaired) electrons. The molecule has 1 aliphatic heterocycles. The quantitative estimate of drug-likeness (QED) is 0.560. The van der Waals surface area contributed by atoms with Gasteiger partial charge < -0.3 is 9.64 Å². The van der Waals surface area contributed by atoms with Gasteiger partial charge in [0.05, 0.1) is 12.5 Å². The number of likely N-dealkylation sites (tertiary alicyclic amines) is 1. The number of rotatable bonds is 3. The Morgan fingerprint density at radius 3 is 2.44 bits per heavy atom. The lowest BCUT2D eigenvalue weighted by atomic mass is 9.97. The molecule has 16 heavy (non-hydrogen) atoms. The fraction of sp³-hybridized carbons (Fsp3) is 0.818. The van der Waals surface area contributed by atoms with E-state index in [2.05, 4.69) is 0 Å². The van der Waals surface area contributed by atoms with Crippen molar-refractivity contribution >= 4 is 23.5 Å². The summed E-state index contributed by atoms with van der Waals surface area (Å²) in [6, 6.07) is 0. The van der Waals surface area contributed by atoms with Crippen molar-refractivity contribution in [3.05, 3.63) is 0 Å². The van der Waals surface area contributed by atoms with Gasteiger partial charge in [0.1, 0.15) is 5.38 Å². The Hall–Kier alpha value is -0.770. The monoisotopic (exact) mass is 247 g/mol. The molecule has 0 aromatic rings. The molecule has 1 fully saturated rings. The van der Waals surface area contributed by atoms with Crippen molar-refractivity contribution in [2.75, 3.05) is 19.7 Å². The molecule has 0 spiro atoms. The van der Waals surface area contributed by atoms with Crippen LogP contribution in [0.4, 0.5) is 0 Å². The van der Waals surface area contributed by atoms with E-state index < -0.39 is 5.38 Å². The van der Waals surface area contributed by atoms with Crippen molar-refractivity contribution in [3.8, 4) is 0 Å². The van der Waals surface area contributed by atoms with E-state index in [0.29, 0.717) is 32.5 Å². The minimum atomic E-state index is -0.487. The second-order valence-corrected chi connectivity index (χ2v) is 4.62. The maximum Gasteiger partial charge on any atom is 0.309 e. The third-order valence-electron chi connectivity index (χ3n) is 2.77. The average molecular weight is 248 g/mol. The van der Waals surface area contributed by atoms with Gasteiger partial charge in [0.25, 0.3) is 0 Å². The van der Waals surface area contributed by atoms with Crippen LogP contribution >= 0.6 is 11.6 Å². The van der Waals surface area contributed by atoms with Crippen LogP contribution in [0.25, 0.3) is 0 Å². The topological polar surface area (TPSA) is 46.6 Å². The SMILES string of the molecule is CCOC(=O)C1CCN(C(=O)C(C)Cl)CC1. The summed E-state index contributed by atoms with van der Waals surface area (Å²) in [6.45, 7) is 5.07. The van der Waals surface area contributed by atoms with Crippen molar-refractivity contribution in [2.45, 2.75) is 32.1 Å². The first-order valence-electron chi connectivity index (χ1n) is 5.65. The Labute approximate surface area is 101 Å². The van der Waals surface area contributed by atoms with Gasteiger partial charge in [-0.05, 0) is 26.7 Å². The highest BCUT2D eigenvalue weighted by Crippen LogP contribution is 2.19. The number of hydrogen-bond donors (Lipinski definition) is 0. The van der Waals surface area contributed by atoms with E-state index in [1.165, 1.54) is 0 Å². The Morgan fingerprint density at radius 2 is 2.00 bits per heavy atom. The molecule has 0 aliphatic carbocycles. The van der Waals surface area contributed by atoms with Crippen LogP contribution in [0.1, 0.15) is 26.7 Å². The molecular formula is C11H18ClNO3. The molecule has 4 nitrogen and oxygen atoms in total. The molecule has 0 saturated carbocycles. The minimum absolute atomic E-state index is 0.0519. The normalized spacial score (nSPS) is 19.3. The maximum atomic E-state index is 11.6. The minimum Gasteiger partial charge on any atom is -0.466 e. The van der Waals surface area contributed by atoms with E-state index in [0.717, 1.165) is 0 Å². The maximum absolute atomic E-state index is 11.6. The van der Waals surface area contributed by atoms with Gasteiger partial charge in [-0.15, -0.1) is 11.6 Å². The second kappa shape index (κ2) is 6.09. The van der Waals surface area contributed by atoms with Crippen LogP contribution in [0.3, 0.4) is 0 Å². The smallest absolute Gasteiger partial charge is 0.309 e. The Morgan fingerprint density at radius 1 is 1.44 bits per heavy atom. The van der Waals surface area contributed by atoms with Crippen molar-refractivity contribution in [1.29, 1.82) is 0 Å². The number of ether oxygens (including phenoxy) is 1. The zero-order valence-corrected chi connectivity index (χ0v) is 10.5. The summed E-state index contributed by atoms with van der Waals surface area (Å²) in [5, 5.41) is -0.487. The third-order valence-corrected chi connectivity index (χ3v) is 2.95. The van der Waals surface area contributed by atoms with Crippen LogP contribution in [-0.4, -0.2) is 41.8 Å². The average Bonchev–Trinajstić information content (AvgIpc) is 2.28. The van der Waals surface area contributed by atoms with Crippen LogP contribution in [0.5, 0.6) is 0 Å². The molecule has 1 unspecified atom stereocenters. The predicted molar refractivity (Wildman–Crippen MR) is 61.3 cm³/mol. The summed E-state index contributed by atoms with van der Waals surface area (Å²) in [7, 11) is 0. The number of esters is 1. The molecule has 0 bridgehead atoms. The van der Waals surface area contributed by atoms with E-state index >= 15 is 0 Å². The van der Waals surface area contributed by atoms with Gasteiger partial charge in [0.15, 0.2) is 0 Å². The molecule has 1 heterocycles. The van der Waals surface area contributed by atoms with Crippen LogP contribution in [-0.2, 0) is 14.3 Å². The van der Waals surface area contributed by atoms with Gasteiger partial charge in [-0.25, -0.2) is 0 Å². The third kappa shape index (κ3) is 3.37. The number of piperidine rings is 1. The van der Waals surface area contributed by atoms with Gasteiger partial charge in [0, 0.05) is 13.1 Å². The molecule has 1 aliphatic rings. The van der Waals surface area contributed by atoms with E-state index in [-0.39, 0.29) is 17.8 Å². The first-order chi connectivity index (χ1) is 7.56. The fourth-order valence-electron chi connectivity index (χ4n) is 1.85. The summed E-state index contributed by atoms with van der Waals surface area (Å²) in [4.78, 5) is 24.8. The van der Waals surface area contributed by atoms with Gasteiger partial charge in [-0.1, -0.05) is 0 Å². The van der Waals surface area contributed by atoms with Crippen LogP contribution in [0.2, 0.25) is 0 Å². The molecule has 1 rings (SSSR count). The van der Waals surface area contributed by atoms with Crippen LogP contribution < -0.4 is 0 Å². The zero-order valence-electron chi connectivity index (χ0n) is 9.74. The van der Waals surface area contributed by atoms with E-state index in [4.69, 9.17) is 16.3 Å².